The van der Waals surface area contributed by atoms with Gasteiger partial charge in [-0.3, -0.25) is 0 Å². The summed E-state index contributed by atoms with van der Waals surface area (Å²) >= 11 is 0. The average molecular weight is 172 g/mol. The largest absolute Gasteiger partial charge is 0.396 e. The number of aliphatic hydroxyl groups is 1. The van der Waals surface area contributed by atoms with Gasteiger partial charge in [-0.2, -0.15) is 0 Å². The average Bonchev–Trinajstić information content (AvgIpc) is 1.84. The normalized spacial score (nSPS) is 16.5. The quantitative estimate of drug-likeness (QED) is 0.653. The van der Waals surface area contributed by atoms with Gasteiger partial charge < -0.3 is 5.11 Å². The van der Waals surface area contributed by atoms with Gasteiger partial charge in [0.15, 0.2) is 0 Å². The Morgan fingerprint density at radius 1 is 0.917 bits per heavy atom. The van der Waals surface area contributed by atoms with Crippen molar-refractivity contribution < 1.29 is 5.11 Å². The number of rotatable bonds is 6. The van der Waals surface area contributed by atoms with Crippen LogP contribution in [0.2, 0.25) is 0 Å². The zero-order valence-electron chi connectivity index (χ0n) is 9.01. The van der Waals surface area contributed by atoms with E-state index in [0.717, 1.165) is 18.3 Å². The Morgan fingerprint density at radius 2 is 1.50 bits per heavy atom. The molecule has 0 aliphatic rings. The summed E-state index contributed by atoms with van der Waals surface area (Å²) in [5.74, 6) is 2.30. The number of hydrogen-bond acceptors (Lipinski definition) is 1. The van der Waals surface area contributed by atoms with Crippen LogP contribution in [0.1, 0.15) is 47.0 Å². The molecule has 0 aromatic carbocycles. The summed E-state index contributed by atoms with van der Waals surface area (Å²) in [5, 5.41) is 8.73. The molecule has 0 aliphatic heterocycles. The van der Waals surface area contributed by atoms with Gasteiger partial charge in [-0.05, 0) is 37.0 Å². The molecule has 0 spiro atoms. The second-order valence-electron chi connectivity index (χ2n) is 4.59. The molecule has 0 bridgehead atoms. The highest BCUT2D eigenvalue weighted by atomic mass is 16.3. The molecule has 1 N–H and O–H groups in total. The maximum Gasteiger partial charge on any atom is 0.0433 e. The molecule has 1 nitrogen and oxygen atoms in total. The van der Waals surface area contributed by atoms with Crippen LogP contribution in [0, 0.1) is 17.8 Å². The third kappa shape index (κ3) is 6.66. The van der Waals surface area contributed by atoms with Crippen LogP contribution in [0.4, 0.5) is 0 Å². The van der Waals surface area contributed by atoms with Crippen molar-refractivity contribution in [2.24, 2.45) is 17.8 Å². The molecule has 0 radical (unpaired) electrons. The van der Waals surface area contributed by atoms with E-state index in [2.05, 4.69) is 27.7 Å². The van der Waals surface area contributed by atoms with E-state index in [1.54, 1.807) is 0 Å². The third-order valence-electron chi connectivity index (χ3n) is 2.30. The highest BCUT2D eigenvalue weighted by Gasteiger charge is 2.09. The van der Waals surface area contributed by atoms with E-state index in [1.165, 1.54) is 12.8 Å². The Bertz CT molecular complexity index is 99.2. The zero-order valence-corrected chi connectivity index (χ0v) is 9.01. The molecular formula is C11H24O. The minimum atomic E-state index is 0.343. The molecule has 0 fully saturated rings. The van der Waals surface area contributed by atoms with Gasteiger partial charge in [0.2, 0.25) is 0 Å². The molecule has 1 heteroatoms. The van der Waals surface area contributed by atoms with Crippen LogP contribution in [0.15, 0.2) is 0 Å². The Hall–Kier alpha value is -0.0400. The zero-order chi connectivity index (χ0) is 9.56. The van der Waals surface area contributed by atoms with E-state index < -0.39 is 0 Å². The minimum absolute atomic E-state index is 0.343. The Kier molecular flexibility index (Phi) is 6.45. The summed E-state index contributed by atoms with van der Waals surface area (Å²) in [7, 11) is 0. The van der Waals surface area contributed by atoms with E-state index in [9.17, 15) is 0 Å². The Morgan fingerprint density at radius 3 is 1.92 bits per heavy atom. The Labute approximate surface area is 77.2 Å². The van der Waals surface area contributed by atoms with Crippen LogP contribution in [0.5, 0.6) is 0 Å². The van der Waals surface area contributed by atoms with Crippen molar-refractivity contribution in [2.45, 2.75) is 47.0 Å². The maximum atomic E-state index is 8.73. The molecule has 2 atom stereocenters. The van der Waals surface area contributed by atoms with Crippen LogP contribution >= 0.6 is 0 Å². The van der Waals surface area contributed by atoms with Gasteiger partial charge in [-0.15, -0.1) is 0 Å². The van der Waals surface area contributed by atoms with Crippen molar-refractivity contribution in [1.29, 1.82) is 0 Å². The van der Waals surface area contributed by atoms with Gasteiger partial charge in [0, 0.05) is 6.61 Å². The van der Waals surface area contributed by atoms with Crippen LogP contribution in [0.3, 0.4) is 0 Å². The van der Waals surface area contributed by atoms with Crippen molar-refractivity contribution in [3.8, 4) is 0 Å². The highest BCUT2D eigenvalue weighted by molar-refractivity contribution is 4.61. The first-order valence-electron chi connectivity index (χ1n) is 5.17. The second kappa shape index (κ2) is 6.47. The lowest BCUT2D eigenvalue weighted by atomic mass is 9.89. The molecule has 0 amide bonds. The third-order valence-corrected chi connectivity index (χ3v) is 2.30. The summed E-state index contributed by atoms with van der Waals surface area (Å²) in [5.41, 5.74) is 0. The van der Waals surface area contributed by atoms with Gasteiger partial charge in [-0.1, -0.05) is 27.7 Å². The lowest BCUT2D eigenvalue weighted by Gasteiger charge is -2.17. The van der Waals surface area contributed by atoms with Crippen molar-refractivity contribution in [3.63, 3.8) is 0 Å². The summed E-state index contributed by atoms with van der Waals surface area (Å²) in [6, 6.07) is 0. The van der Waals surface area contributed by atoms with E-state index in [-0.39, 0.29) is 0 Å². The summed E-state index contributed by atoms with van der Waals surface area (Å²) < 4.78 is 0. The first-order valence-corrected chi connectivity index (χ1v) is 5.17. The first-order chi connectivity index (χ1) is 5.56. The standard InChI is InChI=1S/C11H24O/c1-9(2)7-11(4)8-10(3)5-6-12/h9-12H,5-8H2,1-4H3. The smallest absolute Gasteiger partial charge is 0.0433 e. The molecule has 0 saturated carbocycles. The fourth-order valence-electron chi connectivity index (χ4n) is 1.93. The van der Waals surface area contributed by atoms with Gasteiger partial charge in [0.25, 0.3) is 0 Å². The Balaban J connectivity index is 3.46. The van der Waals surface area contributed by atoms with Crippen molar-refractivity contribution in [3.05, 3.63) is 0 Å². The summed E-state index contributed by atoms with van der Waals surface area (Å²) in [6.45, 7) is 9.43. The van der Waals surface area contributed by atoms with Crippen LogP contribution in [-0.2, 0) is 0 Å². The molecule has 0 rings (SSSR count). The molecular weight excluding hydrogens is 148 g/mol. The highest BCUT2D eigenvalue weighted by Crippen LogP contribution is 2.20. The van der Waals surface area contributed by atoms with Crippen molar-refractivity contribution in [2.75, 3.05) is 6.61 Å². The van der Waals surface area contributed by atoms with Gasteiger partial charge in [0.1, 0.15) is 0 Å². The van der Waals surface area contributed by atoms with E-state index in [1.807, 2.05) is 0 Å². The van der Waals surface area contributed by atoms with Gasteiger partial charge in [-0.25, -0.2) is 0 Å². The molecule has 0 aromatic rings. The predicted octanol–water partition coefficient (Wildman–Crippen LogP) is 3.08. The SMILES string of the molecule is CC(C)CC(C)CC(C)CCO. The fourth-order valence-corrected chi connectivity index (χ4v) is 1.93. The predicted molar refractivity (Wildman–Crippen MR) is 54.1 cm³/mol. The molecule has 0 aliphatic carbocycles. The summed E-state index contributed by atoms with van der Waals surface area (Å²) in [6.07, 6.45) is 3.54. The number of hydrogen-bond donors (Lipinski definition) is 1. The second-order valence-corrected chi connectivity index (χ2v) is 4.59. The summed E-state index contributed by atoms with van der Waals surface area (Å²) in [4.78, 5) is 0. The molecule has 0 heterocycles. The van der Waals surface area contributed by atoms with Crippen LogP contribution in [-0.4, -0.2) is 11.7 Å². The van der Waals surface area contributed by atoms with E-state index in [4.69, 9.17) is 5.11 Å². The van der Waals surface area contributed by atoms with Gasteiger partial charge in [0.05, 0.1) is 0 Å². The molecule has 0 aromatic heterocycles. The van der Waals surface area contributed by atoms with Gasteiger partial charge >= 0.3 is 0 Å². The van der Waals surface area contributed by atoms with Crippen molar-refractivity contribution >= 4 is 0 Å². The lowest BCUT2D eigenvalue weighted by Crippen LogP contribution is -2.07. The van der Waals surface area contributed by atoms with Crippen molar-refractivity contribution in [1.82, 2.24) is 0 Å². The lowest BCUT2D eigenvalue weighted by molar-refractivity contribution is 0.243. The number of aliphatic hydroxyl groups excluding tert-OH is 1. The molecule has 2 unspecified atom stereocenters. The maximum absolute atomic E-state index is 8.73. The van der Waals surface area contributed by atoms with Crippen LogP contribution < -0.4 is 0 Å². The van der Waals surface area contributed by atoms with Crippen LogP contribution in [0.25, 0.3) is 0 Å². The minimum Gasteiger partial charge on any atom is -0.396 e. The fraction of sp³-hybridized carbons (Fsp3) is 1.00. The molecule has 0 saturated heterocycles. The van der Waals surface area contributed by atoms with E-state index >= 15 is 0 Å². The molecule has 12 heavy (non-hydrogen) atoms. The topological polar surface area (TPSA) is 20.2 Å². The first kappa shape index (κ1) is 12.0. The monoisotopic (exact) mass is 172 g/mol. The molecule has 74 valence electrons. The van der Waals surface area contributed by atoms with E-state index in [0.29, 0.717) is 12.5 Å².